The summed E-state index contributed by atoms with van der Waals surface area (Å²) in [6, 6.07) is 3.61. The quantitative estimate of drug-likeness (QED) is 0.880. The van der Waals surface area contributed by atoms with Gasteiger partial charge in [0.15, 0.2) is 0 Å². The SMILES string of the molecule is OCC1(CSCc2ccc(F)cc2F)COC1. The zero-order valence-corrected chi connectivity index (χ0v) is 10.1. The van der Waals surface area contributed by atoms with Gasteiger partial charge in [-0.15, -0.1) is 0 Å². The van der Waals surface area contributed by atoms with Gasteiger partial charge in [0, 0.05) is 23.0 Å². The molecule has 0 bridgehead atoms. The van der Waals surface area contributed by atoms with Crippen LogP contribution in [0, 0.1) is 17.0 Å². The molecule has 1 aliphatic heterocycles. The first-order valence-corrected chi connectivity index (χ1v) is 6.51. The molecule has 1 aromatic carbocycles. The van der Waals surface area contributed by atoms with E-state index in [4.69, 9.17) is 4.74 Å². The molecule has 17 heavy (non-hydrogen) atoms. The highest BCUT2D eigenvalue weighted by Gasteiger charge is 2.37. The summed E-state index contributed by atoms with van der Waals surface area (Å²) >= 11 is 1.53. The Kier molecular flexibility index (Phi) is 4.01. The highest BCUT2D eigenvalue weighted by Crippen LogP contribution is 2.32. The van der Waals surface area contributed by atoms with E-state index in [-0.39, 0.29) is 12.0 Å². The van der Waals surface area contributed by atoms with E-state index in [1.54, 1.807) is 0 Å². The maximum Gasteiger partial charge on any atom is 0.130 e. The number of aliphatic hydroxyl groups excluding tert-OH is 1. The molecule has 0 radical (unpaired) electrons. The molecular weight excluding hydrogens is 246 g/mol. The lowest BCUT2D eigenvalue weighted by atomic mass is 9.90. The fourth-order valence-electron chi connectivity index (χ4n) is 1.63. The van der Waals surface area contributed by atoms with Crippen LogP contribution in [-0.4, -0.2) is 30.7 Å². The lowest BCUT2D eigenvalue weighted by Gasteiger charge is -2.39. The van der Waals surface area contributed by atoms with E-state index in [2.05, 4.69) is 0 Å². The molecule has 1 saturated heterocycles. The highest BCUT2D eigenvalue weighted by atomic mass is 32.2. The van der Waals surface area contributed by atoms with E-state index in [1.807, 2.05) is 0 Å². The van der Waals surface area contributed by atoms with E-state index in [0.717, 1.165) is 11.8 Å². The van der Waals surface area contributed by atoms with Gasteiger partial charge in [0.05, 0.1) is 19.8 Å². The molecule has 94 valence electrons. The van der Waals surface area contributed by atoms with Gasteiger partial charge in [0.25, 0.3) is 0 Å². The number of hydrogen-bond donors (Lipinski definition) is 1. The zero-order chi connectivity index (χ0) is 12.3. The zero-order valence-electron chi connectivity index (χ0n) is 9.29. The summed E-state index contributed by atoms with van der Waals surface area (Å²) in [5.41, 5.74) is 0.325. The Balaban J connectivity index is 1.85. The normalized spacial score (nSPS) is 17.8. The Morgan fingerprint density at radius 1 is 1.35 bits per heavy atom. The predicted molar refractivity (Wildman–Crippen MR) is 62.9 cm³/mol. The number of hydrogen-bond acceptors (Lipinski definition) is 3. The third kappa shape index (κ3) is 2.97. The molecule has 1 aliphatic rings. The number of aliphatic hydroxyl groups is 1. The van der Waals surface area contributed by atoms with Crippen LogP contribution in [0.3, 0.4) is 0 Å². The molecule has 0 atom stereocenters. The van der Waals surface area contributed by atoms with Crippen molar-refractivity contribution >= 4 is 11.8 Å². The maximum absolute atomic E-state index is 13.3. The smallest absolute Gasteiger partial charge is 0.130 e. The van der Waals surface area contributed by atoms with Crippen molar-refractivity contribution in [2.75, 3.05) is 25.6 Å². The molecular formula is C12H14F2O2S. The molecule has 1 aromatic rings. The van der Waals surface area contributed by atoms with Crippen LogP contribution >= 0.6 is 11.8 Å². The number of ether oxygens (including phenoxy) is 1. The lowest BCUT2D eigenvalue weighted by Crippen LogP contribution is -2.47. The number of benzene rings is 1. The lowest BCUT2D eigenvalue weighted by molar-refractivity contribution is -0.121. The Bertz CT molecular complexity index is 389. The standard InChI is InChI=1S/C12H14F2O2S/c13-10-2-1-9(11(14)3-10)4-17-8-12(5-15)6-16-7-12/h1-3,15H,4-8H2. The van der Waals surface area contributed by atoms with Crippen LogP contribution in [0.4, 0.5) is 8.78 Å². The summed E-state index contributed by atoms with van der Waals surface area (Å²) in [5.74, 6) is 0.129. The van der Waals surface area contributed by atoms with Crippen LogP contribution in [0.15, 0.2) is 18.2 Å². The summed E-state index contributed by atoms with van der Waals surface area (Å²) in [4.78, 5) is 0. The average Bonchev–Trinajstić information content (AvgIpc) is 2.25. The number of rotatable bonds is 5. The predicted octanol–water partition coefficient (Wildman–Crippen LogP) is 2.21. The van der Waals surface area contributed by atoms with Gasteiger partial charge in [-0.2, -0.15) is 11.8 Å². The molecule has 0 unspecified atom stereocenters. The first-order valence-electron chi connectivity index (χ1n) is 5.35. The van der Waals surface area contributed by atoms with Crippen molar-refractivity contribution in [1.82, 2.24) is 0 Å². The van der Waals surface area contributed by atoms with Crippen molar-refractivity contribution in [2.24, 2.45) is 5.41 Å². The van der Waals surface area contributed by atoms with Gasteiger partial charge < -0.3 is 9.84 Å². The van der Waals surface area contributed by atoms with E-state index >= 15 is 0 Å². The second kappa shape index (κ2) is 5.33. The summed E-state index contributed by atoms with van der Waals surface area (Å²) in [5, 5.41) is 9.21. The third-order valence-electron chi connectivity index (χ3n) is 2.83. The van der Waals surface area contributed by atoms with Crippen LogP contribution in [0.5, 0.6) is 0 Å². The second-order valence-electron chi connectivity index (χ2n) is 4.38. The van der Waals surface area contributed by atoms with Crippen LogP contribution in [0.2, 0.25) is 0 Å². The first kappa shape index (κ1) is 12.8. The van der Waals surface area contributed by atoms with Gasteiger partial charge in [-0.25, -0.2) is 8.78 Å². The van der Waals surface area contributed by atoms with E-state index in [9.17, 15) is 13.9 Å². The average molecular weight is 260 g/mol. The molecule has 1 heterocycles. The topological polar surface area (TPSA) is 29.5 Å². The van der Waals surface area contributed by atoms with Gasteiger partial charge in [0.1, 0.15) is 11.6 Å². The van der Waals surface area contributed by atoms with Gasteiger partial charge in [0.2, 0.25) is 0 Å². The largest absolute Gasteiger partial charge is 0.396 e. The van der Waals surface area contributed by atoms with Crippen molar-refractivity contribution in [1.29, 1.82) is 0 Å². The Hall–Kier alpha value is -0.650. The van der Waals surface area contributed by atoms with Crippen molar-refractivity contribution in [3.8, 4) is 0 Å². The van der Waals surface area contributed by atoms with Crippen molar-refractivity contribution in [3.05, 3.63) is 35.4 Å². The van der Waals surface area contributed by atoms with Crippen molar-refractivity contribution in [2.45, 2.75) is 5.75 Å². The molecule has 0 amide bonds. The summed E-state index contributed by atoms with van der Waals surface area (Å²) in [6.07, 6.45) is 0. The monoisotopic (exact) mass is 260 g/mol. The number of thioether (sulfide) groups is 1. The summed E-state index contributed by atoms with van der Waals surface area (Å²) in [7, 11) is 0. The molecule has 2 nitrogen and oxygen atoms in total. The first-order chi connectivity index (χ1) is 8.15. The van der Waals surface area contributed by atoms with Crippen LogP contribution in [0.25, 0.3) is 0 Å². The van der Waals surface area contributed by atoms with Crippen LogP contribution < -0.4 is 0 Å². The van der Waals surface area contributed by atoms with Crippen LogP contribution in [0.1, 0.15) is 5.56 Å². The number of halogens is 2. The Morgan fingerprint density at radius 2 is 2.12 bits per heavy atom. The molecule has 2 rings (SSSR count). The fourth-order valence-corrected chi connectivity index (χ4v) is 2.87. The summed E-state index contributed by atoms with van der Waals surface area (Å²) < 4.78 is 31.1. The minimum atomic E-state index is -0.560. The minimum Gasteiger partial charge on any atom is -0.396 e. The van der Waals surface area contributed by atoms with Gasteiger partial charge in [-0.05, 0) is 11.6 Å². The van der Waals surface area contributed by atoms with Gasteiger partial charge in [-0.1, -0.05) is 6.07 Å². The van der Waals surface area contributed by atoms with Crippen molar-refractivity contribution in [3.63, 3.8) is 0 Å². The molecule has 1 N–H and O–H groups in total. The molecule has 0 aliphatic carbocycles. The molecule has 0 saturated carbocycles. The van der Waals surface area contributed by atoms with E-state index < -0.39 is 11.6 Å². The Morgan fingerprint density at radius 3 is 2.65 bits per heavy atom. The minimum absolute atomic E-state index is 0.0892. The maximum atomic E-state index is 13.3. The van der Waals surface area contributed by atoms with E-state index in [0.29, 0.717) is 24.5 Å². The molecule has 5 heteroatoms. The fraction of sp³-hybridized carbons (Fsp3) is 0.500. The van der Waals surface area contributed by atoms with Crippen molar-refractivity contribution < 1.29 is 18.6 Å². The summed E-state index contributed by atoms with van der Waals surface area (Å²) in [6.45, 7) is 1.21. The second-order valence-corrected chi connectivity index (χ2v) is 5.37. The van der Waals surface area contributed by atoms with Gasteiger partial charge >= 0.3 is 0 Å². The van der Waals surface area contributed by atoms with E-state index in [1.165, 1.54) is 23.9 Å². The van der Waals surface area contributed by atoms with Gasteiger partial charge in [-0.3, -0.25) is 0 Å². The third-order valence-corrected chi connectivity index (χ3v) is 4.16. The highest BCUT2D eigenvalue weighted by molar-refractivity contribution is 7.98. The molecule has 0 spiro atoms. The van der Waals surface area contributed by atoms with Crippen LogP contribution in [-0.2, 0) is 10.5 Å². The molecule has 0 aromatic heterocycles. The molecule has 1 fully saturated rings. The Labute approximate surface area is 103 Å².